The molecule has 0 N–H and O–H groups in total. The molecule has 3 aliphatic rings. The van der Waals surface area contributed by atoms with E-state index in [-0.39, 0.29) is 0 Å². The Balaban J connectivity index is 0.000000308. The highest BCUT2D eigenvalue weighted by atomic mass is 16.5. The summed E-state index contributed by atoms with van der Waals surface area (Å²) in [5.74, 6) is 2.93. The highest BCUT2D eigenvalue weighted by molar-refractivity contribution is 5.36. The van der Waals surface area contributed by atoms with Crippen molar-refractivity contribution < 1.29 is 4.74 Å². The lowest BCUT2D eigenvalue weighted by molar-refractivity contribution is 0.190. The van der Waals surface area contributed by atoms with Crippen LogP contribution in [0.25, 0.3) is 0 Å². The van der Waals surface area contributed by atoms with Crippen LogP contribution in [0.5, 0.6) is 0 Å². The van der Waals surface area contributed by atoms with Gasteiger partial charge in [0.15, 0.2) is 0 Å². The van der Waals surface area contributed by atoms with Crippen molar-refractivity contribution in [2.45, 2.75) is 33.1 Å². The molecule has 2 aliphatic carbocycles. The minimum absolute atomic E-state index is 0.840. The fourth-order valence-corrected chi connectivity index (χ4v) is 2.05. The van der Waals surface area contributed by atoms with Crippen LogP contribution in [0, 0.1) is 11.8 Å². The van der Waals surface area contributed by atoms with E-state index in [1.807, 2.05) is 13.8 Å². The zero-order valence-corrected chi connectivity index (χ0v) is 8.55. The molecule has 2 atom stereocenters. The summed E-state index contributed by atoms with van der Waals surface area (Å²) in [6.45, 7) is 4.93. The molecule has 13 heavy (non-hydrogen) atoms. The van der Waals surface area contributed by atoms with E-state index in [0.717, 1.165) is 18.4 Å². The molecular weight excluding hydrogens is 160 g/mol. The topological polar surface area (TPSA) is 9.23 Å². The molecule has 0 bridgehead atoms. The van der Waals surface area contributed by atoms with Crippen LogP contribution in [0.3, 0.4) is 0 Å². The van der Waals surface area contributed by atoms with Gasteiger partial charge in [0.05, 0.1) is 6.61 Å². The van der Waals surface area contributed by atoms with E-state index < -0.39 is 0 Å². The molecule has 1 heteroatoms. The fourth-order valence-electron chi connectivity index (χ4n) is 2.05. The van der Waals surface area contributed by atoms with Crippen molar-refractivity contribution >= 4 is 0 Å². The number of allylic oxidation sites excluding steroid dienone is 3. The van der Waals surface area contributed by atoms with Crippen molar-refractivity contribution in [3.8, 4) is 0 Å². The largest absolute Gasteiger partial charge is 0.494 e. The van der Waals surface area contributed by atoms with Crippen LogP contribution in [-0.2, 0) is 4.74 Å². The van der Waals surface area contributed by atoms with Gasteiger partial charge in [-0.05, 0) is 42.7 Å². The molecule has 1 saturated heterocycles. The summed E-state index contributed by atoms with van der Waals surface area (Å²) in [6, 6.07) is 0. The molecule has 0 spiro atoms. The second-order valence-corrected chi connectivity index (χ2v) is 3.74. The second kappa shape index (κ2) is 3.57. The van der Waals surface area contributed by atoms with E-state index in [9.17, 15) is 0 Å². The van der Waals surface area contributed by atoms with Crippen molar-refractivity contribution in [2.24, 2.45) is 11.8 Å². The zero-order chi connectivity index (χ0) is 9.26. The summed E-state index contributed by atoms with van der Waals surface area (Å²) in [4.78, 5) is 0. The Bertz CT molecular complexity index is 224. The van der Waals surface area contributed by atoms with Crippen molar-refractivity contribution in [3.63, 3.8) is 0 Å². The normalized spacial score (nSPS) is 33.7. The lowest BCUT2D eigenvalue weighted by Gasteiger charge is -2.21. The standard InChI is InChI=1S/C10H12O.C2H6/c1-2-7-4-8-5-9(8)6-10(7)11-3-1;1-2/h4,6,8-9H,1-3,5H2;1-2H3. The van der Waals surface area contributed by atoms with Crippen molar-refractivity contribution in [1.29, 1.82) is 0 Å². The molecule has 1 heterocycles. The van der Waals surface area contributed by atoms with Gasteiger partial charge >= 0.3 is 0 Å². The molecule has 3 rings (SSSR count). The summed E-state index contributed by atoms with van der Waals surface area (Å²) in [5, 5.41) is 0. The van der Waals surface area contributed by atoms with Crippen molar-refractivity contribution in [3.05, 3.63) is 23.5 Å². The molecule has 0 radical (unpaired) electrons. The van der Waals surface area contributed by atoms with E-state index in [4.69, 9.17) is 4.74 Å². The van der Waals surface area contributed by atoms with Crippen LogP contribution in [0.1, 0.15) is 33.1 Å². The molecule has 0 aromatic rings. The third-order valence-corrected chi connectivity index (χ3v) is 2.84. The summed E-state index contributed by atoms with van der Waals surface area (Å²) in [5.41, 5.74) is 1.48. The minimum Gasteiger partial charge on any atom is -0.494 e. The second-order valence-electron chi connectivity index (χ2n) is 3.74. The van der Waals surface area contributed by atoms with Crippen LogP contribution in [0.2, 0.25) is 0 Å². The minimum atomic E-state index is 0.840. The van der Waals surface area contributed by atoms with Gasteiger partial charge in [-0.3, -0.25) is 0 Å². The molecule has 72 valence electrons. The number of hydrogen-bond donors (Lipinski definition) is 0. The number of rotatable bonds is 0. The van der Waals surface area contributed by atoms with Gasteiger partial charge < -0.3 is 4.74 Å². The van der Waals surface area contributed by atoms with E-state index in [1.165, 1.54) is 30.6 Å². The van der Waals surface area contributed by atoms with Crippen LogP contribution in [0.15, 0.2) is 23.5 Å². The lowest BCUT2D eigenvalue weighted by atomic mass is 9.99. The molecule has 1 aliphatic heterocycles. The monoisotopic (exact) mass is 178 g/mol. The highest BCUT2D eigenvalue weighted by Gasteiger charge is 2.38. The van der Waals surface area contributed by atoms with Gasteiger partial charge in [-0.2, -0.15) is 0 Å². The summed E-state index contributed by atoms with van der Waals surface area (Å²) in [7, 11) is 0. The molecule has 0 aromatic heterocycles. The third-order valence-electron chi connectivity index (χ3n) is 2.84. The number of ether oxygens (including phenoxy) is 1. The van der Waals surface area contributed by atoms with Gasteiger partial charge in [0.25, 0.3) is 0 Å². The molecule has 2 unspecified atom stereocenters. The third kappa shape index (κ3) is 1.65. The highest BCUT2D eigenvalue weighted by Crippen LogP contribution is 2.47. The van der Waals surface area contributed by atoms with Crippen LogP contribution in [0.4, 0.5) is 0 Å². The first-order valence-electron chi connectivity index (χ1n) is 5.49. The fraction of sp³-hybridized carbons (Fsp3) is 0.667. The molecule has 1 nitrogen and oxygen atoms in total. The maximum Gasteiger partial charge on any atom is 0.118 e. The molecule has 2 fully saturated rings. The van der Waals surface area contributed by atoms with Crippen LogP contribution < -0.4 is 0 Å². The SMILES string of the molecule is C1=C2CCCOC2=CC2CC12.CC. The first-order valence-corrected chi connectivity index (χ1v) is 5.49. The Hall–Kier alpha value is -0.720. The number of hydrogen-bond acceptors (Lipinski definition) is 1. The van der Waals surface area contributed by atoms with Gasteiger partial charge in [0.2, 0.25) is 0 Å². The summed E-state index contributed by atoms with van der Waals surface area (Å²) in [6.07, 6.45) is 8.59. The first-order chi connectivity index (χ1) is 6.43. The summed E-state index contributed by atoms with van der Waals surface area (Å²) >= 11 is 0. The first kappa shape index (κ1) is 8.86. The molecule has 0 aromatic carbocycles. The Morgan fingerprint density at radius 2 is 2.00 bits per heavy atom. The molecule has 1 saturated carbocycles. The van der Waals surface area contributed by atoms with Gasteiger partial charge in [0.1, 0.15) is 5.76 Å². The smallest absolute Gasteiger partial charge is 0.118 e. The number of fused-ring (bicyclic) bond motifs is 2. The van der Waals surface area contributed by atoms with E-state index in [0.29, 0.717) is 0 Å². The van der Waals surface area contributed by atoms with Gasteiger partial charge in [-0.15, -0.1) is 0 Å². The average Bonchev–Trinajstić information content (AvgIpc) is 2.95. The van der Waals surface area contributed by atoms with Crippen molar-refractivity contribution in [2.75, 3.05) is 6.61 Å². The maximum absolute atomic E-state index is 5.57. The van der Waals surface area contributed by atoms with E-state index in [1.54, 1.807) is 0 Å². The predicted molar refractivity (Wildman–Crippen MR) is 54.3 cm³/mol. The van der Waals surface area contributed by atoms with Crippen LogP contribution in [-0.4, -0.2) is 6.61 Å². The van der Waals surface area contributed by atoms with Gasteiger partial charge in [-0.25, -0.2) is 0 Å². The van der Waals surface area contributed by atoms with E-state index in [2.05, 4.69) is 12.2 Å². The Morgan fingerprint density at radius 3 is 2.85 bits per heavy atom. The molecule has 0 amide bonds. The lowest BCUT2D eigenvalue weighted by Crippen LogP contribution is -2.09. The van der Waals surface area contributed by atoms with Crippen molar-refractivity contribution in [1.82, 2.24) is 0 Å². The average molecular weight is 178 g/mol. The quantitative estimate of drug-likeness (QED) is 0.553. The Kier molecular flexibility index (Phi) is 2.43. The molecular formula is C12H18O. The van der Waals surface area contributed by atoms with Gasteiger partial charge in [0, 0.05) is 0 Å². The van der Waals surface area contributed by atoms with Crippen LogP contribution >= 0.6 is 0 Å². The maximum atomic E-state index is 5.57. The van der Waals surface area contributed by atoms with E-state index >= 15 is 0 Å². The predicted octanol–water partition coefficient (Wildman–Crippen LogP) is 3.28. The zero-order valence-electron chi connectivity index (χ0n) is 8.55. The summed E-state index contributed by atoms with van der Waals surface area (Å²) < 4.78 is 5.57. The Labute approximate surface area is 80.5 Å². The Morgan fingerprint density at radius 1 is 1.23 bits per heavy atom. The van der Waals surface area contributed by atoms with Gasteiger partial charge in [-0.1, -0.05) is 19.9 Å².